The Bertz CT molecular complexity index is 3320. The lowest BCUT2D eigenvalue weighted by molar-refractivity contribution is -0.201. The van der Waals surface area contributed by atoms with Crippen molar-refractivity contribution in [2.45, 2.75) is 156 Å². The standard InChI is InChI=1S/C31H38N3O9P.C18H20ClO4P.C14H20N2O5.CH4/c1-20-12-14-24(15-13-20)43-44(37,33-21(2)30(36)38-18-22-9-6-5-7-10-22)39-19-25-26-27(42-31(3,4)41-26)29(40-25)34-16-8-11-23(17-34)28(32)35;1-14-8-10-17(11-9-14)23-24(19,21)13-15(2)18(20)22-12-16-6-4-3-5-7-16;1-14(2)20-10-9(7-17)19-13(11(10)21-14)16-5-3-4-8(6-16)12(15)18;/h5-10,12-17,21,25-27,29H,11,18-19H2,1-4H3,(H2,32,35)(H,33,37);3-11,15H,12-13H2,1-2H3;3,5-6,9-11,13,17H,4,7H2,1-2H3,(H2,15,18);1H4/t21?,25?,26-,27-,29-,44?;;9?,10-,11-,13-;/m1.1./s1. The predicted molar refractivity (Wildman–Crippen MR) is 334 cm³/mol. The van der Waals surface area contributed by atoms with Gasteiger partial charge in [-0.15, -0.1) is 0 Å². The Hall–Kier alpha value is -6.69. The molecule has 0 aromatic heterocycles. The summed E-state index contributed by atoms with van der Waals surface area (Å²) >= 11 is 5.99. The average molecular weight is 1310 g/mol. The number of aryl methyl sites for hydroxylation is 2. The van der Waals surface area contributed by atoms with Crippen molar-refractivity contribution in [2.75, 3.05) is 19.4 Å². The molecule has 4 saturated heterocycles. The van der Waals surface area contributed by atoms with Gasteiger partial charge >= 0.3 is 26.4 Å². The Morgan fingerprint density at radius 1 is 0.644 bits per heavy atom. The van der Waals surface area contributed by atoms with Crippen LogP contribution in [0.5, 0.6) is 11.5 Å². The van der Waals surface area contributed by atoms with E-state index in [4.69, 9.17) is 74.2 Å². The monoisotopic (exact) mass is 1310 g/mol. The quantitative estimate of drug-likeness (QED) is 0.0420. The van der Waals surface area contributed by atoms with Crippen molar-refractivity contribution in [3.05, 3.63) is 180 Å². The van der Waals surface area contributed by atoms with E-state index in [1.807, 2.05) is 113 Å². The first-order valence-corrected chi connectivity index (χ1v) is 33.2. The van der Waals surface area contributed by atoms with Gasteiger partial charge in [0.15, 0.2) is 24.0 Å². The van der Waals surface area contributed by atoms with E-state index in [0.717, 1.165) is 22.3 Å². The first kappa shape index (κ1) is 70.8. The van der Waals surface area contributed by atoms with Crippen molar-refractivity contribution in [1.29, 1.82) is 0 Å². The van der Waals surface area contributed by atoms with Crippen LogP contribution in [-0.2, 0) is 83.9 Å². The lowest BCUT2D eigenvalue weighted by atomic mass is 10.1. The van der Waals surface area contributed by atoms with Crippen molar-refractivity contribution in [2.24, 2.45) is 17.4 Å². The highest BCUT2D eigenvalue weighted by molar-refractivity contribution is 7.85. The highest BCUT2D eigenvalue weighted by atomic mass is 35.7. The predicted octanol–water partition coefficient (Wildman–Crippen LogP) is 9.69. The van der Waals surface area contributed by atoms with Crippen molar-refractivity contribution < 1.29 is 84.9 Å². The molecule has 10 rings (SSSR count). The second kappa shape index (κ2) is 31.1. The number of benzene rings is 4. The van der Waals surface area contributed by atoms with Crippen LogP contribution in [0.1, 0.15) is 84.1 Å². The van der Waals surface area contributed by atoms with Gasteiger partial charge in [-0.3, -0.25) is 28.3 Å². The molecule has 6 heterocycles. The van der Waals surface area contributed by atoms with Crippen LogP contribution in [-0.4, -0.2) is 125 Å². The fourth-order valence-corrected chi connectivity index (χ4v) is 13.8. The zero-order chi connectivity index (χ0) is 64.3. The van der Waals surface area contributed by atoms with E-state index in [1.54, 1.807) is 91.6 Å². The van der Waals surface area contributed by atoms with Crippen molar-refractivity contribution in [1.82, 2.24) is 14.9 Å². The number of carbonyl (C=O) groups is 4. The van der Waals surface area contributed by atoms with Crippen molar-refractivity contribution in [3.63, 3.8) is 0 Å². The molecule has 4 fully saturated rings. The van der Waals surface area contributed by atoms with Gasteiger partial charge in [0, 0.05) is 35.9 Å². The third kappa shape index (κ3) is 19.7. The minimum absolute atomic E-state index is 0. The number of esters is 2. The van der Waals surface area contributed by atoms with Crippen LogP contribution in [0.4, 0.5) is 0 Å². The van der Waals surface area contributed by atoms with Gasteiger partial charge < -0.3 is 73.3 Å². The number of amides is 2. The number of hydrogen-bond acceptors (Lipinski definition) is 20. The maximum Gasteiger partial charge on any atom is 0.459 e. The largest absolute Gasteiger partial charge is 0.461 e. The summed E-state index contributed by atoms with van der Waals surface area (Å²) in [5, 5.41) is 12.2. The number of primary amides is 2. The number of hydrogen-bond donors (Lipinski definition) is 4. The molecule has 6 N–H and O–H groups in total. The summed E-state index contributed by atoms with van der Waals surface area (Å²) in [7, 11) is -4.19. The molecule has 6 aliphatic heterocycles. The Morgan fingerprint density at radius 2 is 1.07 bits per heavy atom. The molecule has 6 unspecified atom stereocenters. The van der Waals surface area contributed by atoms with Gasteiger partial charge in [-0.25, -0.2) is 4.57 Å². The summed E-state index contributed by atoms with van der Waals surface area (Å²) in [6, 6.07) is 31.5. The topological polar surface area (TPSA) is 295 Å². The highest BCUT2D eigenvalue weighted by Crippen LogP contribution is 2.54. The summed E-state index contributed by atoms with van der Waals surface area (Å²) in [5.74, 6) is -3.65. The number of aliphatic hydroxyl groups is 1. The first-order chi connectivity index (χ1) is 42.2. The molecular weight excluding hydrogens is 1220 g/mol. The average Bonchev–Trinajstić information content (AvgIpc) is 1.62. The molecule has 23 nitrogen and oxygen atoms in total. The fraction of sp³-hybridized carbons (Fsp3) is 0.438. The zero-order valence-corrected chi connectivity index (χ0v) is 53.3. The van der Waals surface area contributed by atoms with E-state index in [9.17, 15) is 33.4 Å². The molecule has 0 aliphatic carbocycles. The smallest absolute Gasteiger partial charge is 0.459 e. The number of halogens is 1. The molecule has 0 saturated carbocycles. The summed E-state index contributed by atoms with van der Waals surface area (Å²) in [6.45, 7) is 10.6. The third-order valence-electron chi connectivity index (χ3n) is 14.5. The van der Waals surface area contributed by atoms with Gasteiger partial charge in [-0.2, -0.15) is 5.09 Å². The Morgan fingerprint density at radius 3 is 1.52 bits per heavy atom. The number of fused-ring (bicyclic) bond motifs is 2. The van der Waals surface area contributed by atoms with Crippen LogP contribution in [0.25, 0.3) is 0 Å². The molecule has 4 aromatic rings. The van der Waals surface area contributed by atoms with E-state index in [0.29, 0.717) is 29.7 Å². The zero-order valence-electron chi connectivity index (χ0n) is 50.8. The van der Waals surface area contributed by atoms with E-state index >= 15 is 0 Å². The molecule has 2 amide bonds. The summed E-state index contributed by atoms with van der Waals surface area (Å²) < 4.78 is 90.4. The molecule has 0 spiro atoms. The van der Waals surface area contributed by atoms with Gasteiger partial charge in [-0.05, 0) is 108 Å². The first-order valence-electron chi connectivity index (χ1n) is 28.9. The molecule has 6 aliphatic rings. The molecular formula is C64H82ClN5O18P2. The maximum atomic E-state index is 14.2. The molecule has 26 heteroatoms. The van der Waals surface area contributed by atoms with Gasteiger partial charge in [0.25, 0.3) is 0 Å². The second-order valence-corrected chi connectivity index (χ2v) is 27.8. The van der Waals surface area contributed by atoms with Crippen LogP contribution in [0.15, 0.2) is 157 Å². The molecule has 0 bridgehead atoms. The van der Waals surface area contributed by atoms with Gasteiger partial charge in [0.05, 0.1) is 25.3 Å². The van der Waals surface area contributed by atoms with Crippen LogP contribution in [0, 0.1) is 19.8 Å². The summed E-state index contributed by atoms with van der Waals surface area (Å²) in [5.41, 5.74) is 15.5. The van der Waals surface area contributed by atoms with Gasteiger partial charge in [-0.1, -0.05) is 123 Å². The normalized spacial score (nSPS) is 25.3. The fourth-order valence-electron chi connectivity index (χ4n) is 10.1. The Labute approximate surface area is 530 Å². The molecule has 488 valence electrons. The Kier molecular flexibility index (Phi) is 24.4. The number of ether oxygens (including phenoxy) is 8. The van der Waals surface area contributed by atoms with Gasteiger partial charge in [0.1, 0.15) is 67.4 Å². The van der Waals surface area contributed by atoms with E-state index in [-0.39, 0.29) is 58.0 Å². The number of allylic oxidation sites excluding steroid dienone is 2. The molecule has 0 radical (unpaired) electrons. The van der Waals surface area contributed by atoms with E-state index in [2.05, 4.69) is 5.09 Å². The SMILES string of the molecule is C.CC1(C)O[C@@H]2[C@H](O1)C(CO)O[C@H]2N1C=CCC(C(N)=O)=C1.Cc1ccc(OP(=O)(Cl)CC(C)C(=O)OCc2ccccc2)cc1.Cc1ccc(OP(=O)(NC(C)C(=O)OCc2ccccc2)OCC2O[C@@H](N3C=CCC(C(N)=O)=C3)[C@@H]3OC(C)(C)O[C@H]23)cc1. The molecule has 12 atom stereocenters. The van der Waals surface area contributed by atoms with Crippen molar-refractivity contribution in [3.8, 4) is 11.5 Å². The highest BCUT2D eigenvalue weighted by Gasteiger charge is 2.58. The van der Waals surface area contributed by atoms with Crippen LogP contribution in [0.3, 0.4) is 0 Å². The molecule has 4 aromatic carbocycles. The number of nitrogens with one attached hydrogen (secondary N) is 1. The number of nitrogens with zero attached hydrogens (tertiary/aromatic N) is 2. The Balaban J connectivity index is 0.000000211. The minimum atomic E-state index is -4.19. The minimum Gasteiger partial charge on any atom is -0.461 e. The van der Waals surface area contributed by atoms with E-state index in [1.165, 1.54) is 6.92 Å². The number of rotatable bonds is 22. The third-order valence-corrected chi connectivity index (χ3v) is 18.2. The number of nitrogens with two attached hydrogens (primary N) is 2. The lowest BCUT2D eigenvalue weighted by Crippen LogP contribution is -2.40. The second-order valence-electron chi connectivity index (χ2n) is 22.9. The number of aliphatic hydroxyl groups excluding tert-OH is 1. The summed E-state index contributed by atoms with van der Waals surface area (Å²) in [4.78, 5) is 51.5. The van der Waals surface area contributed by atoms with Crippen LogP contribution in [0.2, 0.25) is 0 Å². The maximum absolute atomic E-state index is 14.2. The van der Waals surface area contributed by atoms with Crippen LogP contribution < -0.4 is 25.6 Å². The van der Waals surface area contributed by atoms with Gasteiger partial charge in [0.2, 0.25) is 11.8 Å². The molecule has 90 heavy (non-hydrogen) atoms. The van der Waals surface area contributed by atoms with E-state index < -0.39 is 98.6 Å². The van der Waals surface area contributed by atoms with Crippen molar-refractivity contribution >= 4 is 49.5 Å². The lowest BCUT2D eigenvalue weighted by Gasteiger charge is -2.31. The number of carbonyl (C=O) groups excluding carboxylic acids is 4. The van der Waals surface area contributed by atoms with Crippen LogP contribution >= 0.6 is 25.7 Å². The summed E-state index contributed by atoms with van der Waals surface area (Å²) in [6.07, 6.45) is 7.16.